The van der Waals surface area contributed by atoms with Gasteiger partial charge in [-0.25, -0.2) is 4.39 Å². The lowest BCUT2D eigenvalue weighted by atomic mass is 10.1. The van der Waals surface area contributed by atoms with E-state index < -0.39 is 33.7 Å². The van der Waals surface area contributed by atoms with E-state index in [0.717, 1.165) is 0 Å². The van der Waals surface area contributed by atoms with Crippen molar-refractivity contribution in [1.82, 2.24) is 5.32 Å². The summed E-state index contributed by atoms with van der Waals surface area (Å²) < 4.78 is 26.7. The Morgan fingerprint density at radius 1 is 1.47 bits per heavy atom. The highest BCUT2D eigenvalue weighted by Gasteiger charge is 2.25. The third-order valence-corrected chi connectivity index (χ3v) is 2.06. The van der Waals surface area contributed by atoms with Gasteiger partial charge in [-0.2, -0.15) is 4.39 Å². The number of nitro benzene ring substituents is 1. The fourth-order valence-corrected chi connectivity index (χ4v) is 1.23. The van der Waals surface area contributed by atoms with Crippen LogP contribution in [0.25, 0.3) is 0 Å². The highest BCUT2D eigenvalue weighted by molar-refractivity contribution is 6.18. The average Bonchev–Trinajstić information content (AvgIpc) is 2.25. The van der Waals surface area contributed by atoms with Gasteiger partial charge in [-0.3, -0.25) is 14.9 Å². The van der Waals surface area contributed by atoms with E-state index in [-0.39, 0.29) is 12.4 Å². The molecule has 0 aliphatic rings. The van der Waals surface area contributed by atoms with Gasteiger partial charge >= 0.3 is 5.69 Å². The molecule has 92 valence electrons. The summed E-state index contributed by atoms with van der Waals surface area (Å²) in [6, 6.07) is 1.32. The zero-order valence-corrected chi connectivity index (χ0v) is 9.13. The molecule has 0 saturated heterocycles. The molecule has 0 aliphatic carbocycles. The Balaban J connectivity index is 3.18. The van der Waals surface area contributed by atoms with Crippen molar-refractivity contribution in [3.05, 3.63) is 39.4 Å². The second kappa shape index (κ2) is 5.53. The van der Waals surface area contributed by atoms with Gasteiger partial charge in [-0.1, -0.05) is 0 Å². The van der Waals surface area contributed by atoms with E-state index in [4.69, 9.17) is 11.6 Å². The van der Waals surface area contributed by atoms with Gasteiger partial charge in [0.05, 0.1) is 4.92 Å². The first-order valence-corrected chi connectivity index (χ1v) is 4.99. The number of nitrogens with zero attached hydrogens (tertiary/aromatic N) is 1. The van der Waals surface area contributed by atoms with Gasteiger partial charge in [0.2, 0.25) is 5.82 Å². The Hall–Kier alpha value is -1.76. The quantitative estimate of drug-likeness (QED) is 0.512. The molecule has 0 spiro atoms. The molecule has 0 radical (unpaired) electrons. The average molecular weight is 265 g/mol. The molecule has 0 atom stereocenters. The third kappa shape index (κ3) is 2.88. The number of benzene rings is 1. The maximum Gasteiger partial charge on any atom is 0.305 e. The molecule has 0 fully saturated rings. The third-order valence-electron chi connectivity index (χ3n) is 1.87. The fourth-order valence-electron chi connectivity index (χ4n) is 1.14. The van der Waals surface area contributed by atoms with Crippen LogP contribution in [-0.4, -0.2) is 23.3 Å². The van der Waals surface area contributed by atoms with E-state index in [1.165, 1.54) is 0 Å². The topological polar surface area (TPSA) is 72.2 Å². The van der Waals surface area contributed by atoms with E-state index in [1.807, 2.05) is 0 Å². The summed E-state index contributed by atoms with van der Waals surface area (Å²) in [5, 5.41) is 12.5. The van der Waals surface area contributed by atoms with Crippen molar-refractivity contribution in [2.45, 2.75) is 0 Å². The summed E-state index contributed by atoms with van der Waals surface area (Å²) in [6.45, 7) is 0.00195. The highest BCUT2D eigenvalue weighted by atomic mass is 35.5. The van der Waals surface area contributed by atoms with Crippen LogP contribution in [0.15, 0.2) is 12.1 Å². The van der Waals surface area contributed by atoms with Crippen LogP contribution >= 0.6 is 11.6 Å². The summed E-state index contributed by atoms with van der Waals surface area (Å²) in [5.41, 5.74) is -1.94. The molecule has 1 aromatic rings. The van der Waals surface area contributed by atoms with Crippen molar-refractivity contribution in [2.24, 2.45) is 0 Å². The fraction of sp³-hybridized carbons (Fsp3) is 0.222. The lowest BCUT2D eigenvalue weighted by Gasteiger charge is -2.05. The predicted molar refractivity (Wildman–Crippen MR) is 56.1 cm³/mol. The Morgan fingerprint density at radius 2 is 2.12 bits per heavy atom. The number of carbonyl (C=O) groups excluding carboxylic acids is 1. The van der Waals surface area contributed by atoms with Crippen molar-refractivity contribution in [3.63, 3.8) is 0 Å². The Labute approximate surface area is 99.5 Å². The van der Waals surface area contributed by atoms with E-state index in [1.54, 1.807) is 0 Å². The standard InChI is InChI=1S/C9H7ClF2N2O3/c10-3-4-13-9(15)7-5(11)1-2-6(8(7)12)14(16)17/h1-2H,3-4H2,(H,13,15). The van der Waals surface area contributed by atoms with Crippen LogP contribution in [0.2, 0.25) is 0 Å². The van der Waals surface area contributed by atoms with Gasteiger partial charge < -0.3 is 5.32 Å². The van der Waals surface area contributed by atoms with Gasteiger partial charge in [-0.05, 0) is 6.07 Å². The number of nitro groups is 1. The zero-order valence-electron chi connectivity index (χ0n) is 8.37. The number of alkyl halides is 1. The van der Waals surface area contributed by atoms with Gasteiger partial charge in [-0.15, -0.1) is 11.6 Å². The molecule has 1 aromatic carbocycles. The van der Waals surface area contributed by atoms with Crippen LogP contribution in [-0.2, 0) is 0 Å². The number of halogens is 3. The molecule has 8 heteroatoms. The lowest BCUT2D eigenvalue weighted by Crippen LogP contribution is -2.27. The maximum absolute atomic E-state index is 13.5. The summed E-state index contributed by atoms with van der Waals surface area (Å²) in [7, 11) is 0. The Kier molecular flexibility index (Phi) is 4.33. The van der Waals surface area contributed by atoms with Gasteiger partial charge in [0.1, 0.15) is 11.4 Å². The zero-order chi connectivity index (χ0) is 13.0. The molecule has 1 N–H and O–H groups in total. The maximum atomic E-state index is 13.5. The van der Waals surface area contributed by atoms with E-state index >= 15 is 0 Å². The van der Waals surface area contributed by atoms with E-state index in [2.05, 4.69) is 5.32 Å². The number of nitrogens with one attached hydrogen (secondary N) is 1. The molecule has 1 rings (SSSR count). The largest absolute Gasteiger partial charge is 0.351 e. The summed E-state index contributed by atoms with van der Waals surface area (Å²) >= 11 is 5.28. The lowest BCUT2D eigenvalue weighted by molar-refractivity contribution is -0.387. The molecular formula is C9H7ClF2N2O3. The molecule has 17 heavy (non-hydrogen) atoms. The van der Waals surface area contributed by atoms with Crippen molar-refractivity contribution in [2.75, 3.05) is 12.4 Å². The molecule has 0 unspecified atom stereocenters. The summed E-state index contributed by atoms with van der Waals surface area (Å²) in [4.78, 5) is 20.7. The van der Waals surface area contributed by atoms with Crippen molar-refractivity contribution < 1.29 is 18.5 Å². The molecule has 0 saturated carbocycles. The Morgan fingerprint density at radius 3 is 2.65 bits per heavy atom. The minimum Gasteiger partial charge on any atom is -0.351 e. The van der Waals surface area contributed by atoms with E-state index in [0.29, 0.717) is 12.1 Å². The molecule has 1 amide bonds. The van der Waals surface area contributed by atoms with Crippen LogP contribution in [0.5, 0.6) is 0 Å². The molecule has 0 aromatic heterocycles. The summed E-state index contributed by atoms with van der Waals surface area (Å²) in [5.74, 6) is -3.68. The number of carbonyl (C=O) groups is 1. The monoisotopic (exact) mass is 264 g/mol. The molecule has 0 bridgehead atoms. The van der Waals surface area contributed by atoms with Crippen molar-refractivity contribution in [1.29, 1.82) is 0 Å². The van der Waals surface area contributed by atoms with Crippen LogP contribution in [0, 0.1) is 21.7 Å². The molecular weight excluding hydrogens is 258 g/mol. The SMILES string of the molecule is O=C(NCCCl)c1c(F)ccc([N+](=O)[O-])c1F. The molecule has 0 aliphatic heterocycles. The van der Waals surface area contributed by atoms with Gasteiger partial charge in [0.25, 0.3) is 5.91 Å². The smallest absolute Gasteiger partial charge is 0.305 e. The van der Waals surface area contributed by atoms with Gasteiger partial charge in [0.15, 0.2) is 0 Å². The number of hydrogen-bond acceptors (Lipinski definition) is 3. The second-order valence-electron chi connectivity index (χ2n) is 2.96. The van der Waals surface area contributed by atoms with Crippen LogP contribution in [0.3, 0.4) is 0 Å². The van der Waals surface area contributed by atoms with Gasteiger partial charge in [0, 0.05) is 18.5 Å². The van der Waals surface area contributed by atoms with Crippen LogP contribution in [0.1, 0.15) is 10.4 Å². The number of rotatable bonds is 4. The van der Waals surface area contributed by atoms with Crippen molar-refractivity contribution >= 4 is 23.2 Å². The minimum absolute atomic E-state index is 0.00195. The minimum atomic E-state index is -1.50. The molecule has 0 heterocycles. The first-order valence-electron chi connectivity index (χ1n) is 4.45. The van der Waals surface area contributed by atoms with Crippen molar-refractivity contribution in [3.8, 4) is 0 Å². The normalized spacial score (nSPS) is 10.1. The van der Waals surface area contributed by atoms with E-state index in [9.17, 15) is 23.7 Å². The number of hydrogen-bond donors (Lipinski definition) is 1. The van der Waals surface area contributed by atoms with Crippen LogP contribution in [0.4, 0.5) is 14.5 Å². The Bertz CT molecular complexity index is 468. The highest BCUT2D eigenvalue weighted by Crippen LogP contribution is 2.22. The first kappa shape index (κ1) is 13.3. The molecule has 5 nitrogen and oxygen atoms in total. The number of amides is 1. The second-order valence-corrected chi connectivity index (χ2v) is 3.34. The predicted octanol–water partition coefficient (Wildman–Crippen LogP) is 1.84. The summed E-state index contributed by atoms with van der Waals surface area (Å²) in [6.07, 6.45) is 0. The first-order chi connectivity index (χ1) is 7.99. The van der Waals surface area contributed by atoms with Crippen LogP contribution < -0.4 is 5.32 Å².